The summed E-state index contributed by atoms with van der Waals surface area (Å²) in [6, 6.07) is 31.4. The number of hydrogen-bond donors (Lipinski definition) is 2. The van der Waals surface area contributed by atoms with Crippen LogP contribution in [-0.2, 0) is 13.2 Å². The molecule has 1 unspecified atom stereocenters. The summed E-state index contributed by atoms with van der Waals surface area (Å²) in [5.41, 5.74) is 6.07. The third-order valence-electron chi connectivity index (χ3n) is 7.27. The van der Waals surface area contributed by atoms with E-state index in [9.17, 15) is 14.4 Å². The van der Waals surface area contributed by atoms with Crippen molar-refractivity contribution in [3.8, 4) is 16.9 Å². The number of aromatic amines is 1. The van der Waals surface area contributed by atoms with Crippen LogP contribution >= 0.6 is 0 Å². The van der Waals surface area contributed by atoms with Crippen molar-refractivity contribution in [1.82, 2.24) is 19.9 Å². The summed E-state index contributed by atoms with van der Waals surface area (Å²) in [6.45, 7) is 3.03. The molecule has 5 rings (SSSR count). The zero-order chi connectivity index (χ0) is 30.3. The number of amides is 1. The molecule has 0 spiro atoms. The largest absolute Gasteiger partial charge is 0.489 e. The van der Waals surface area contributed by atoms with Crippen molar-refractivity contribution < 1.29 is 14.1 Å². The van der Waals surface area contributed by atoms with E-state index in [1.807, 2.05) is 99.9 Å². The van der Waals surface area contributed by atoms with Gasteiger partial charge in [-0.25, -0.2) is 14.6 Å². The van der Waals surface area contributed by atoms with Gasteiger partial charge in [0.1, 0.15) is 12.4 Å². The van der Waals surface area contributed by atoms with Gasteiger partial charge in [-0.15, -0.1) is 4.74 Å². The lowest BCUT2D eigenvalue weighted by Crippen LogP contribution is -2.34. The summed E-state index contributed by atoms with van der Waals surface area (Å²) in [5, 5.41) is 3.09. The molecule has 1 aromatic heterocycles. The minimum Gasteiger partial charge on any atom is -0.489 e. The highest BCUT2D eigenvalue weighted by molar-refractivity contribution is 5.95. The molecule has 5 aromatic rings. The Morgan fingerprint density at radius 2 is 1.70 bits per heavy atom. The minimum atomic E-state index is -0.781. The molecule has 0 aliphatic carbocycles. The van der Waals surface area contributed by atoms with E-state index in [0.29, 0.717) is 24.5 Å². The lowest BCUT2D eigenvalue weighted by Gasteiger charge is -2.25. The summed E-state index contributed by atoms with van der Waals surface area (Å²) in [4.78, 5) is 40.0. The zero-order valence-electron chi connectivity index (χ0n) is 24.4. The Kier molecular flexibility index (Phi) is 9.02. The monoisotopic (exact) mass is 578 g/mol. The number of aromatic nitrogens is 2. The topological polar surface area (TPSA) is 110 Å². The molecule has 220 valence electrons. The van der Waals surface area contributed by atoms with E-state index in [4.69, 9.17) is 9.26 Å². The first-order valence-corrected chi connectivity index (χ1v) is 14.0. The number of H-pyrrole nitrogens is 1. The first kappa shape index (κ1) is 29.3. The van der Waals surface area contributed by atoms with E-state index in [-0.39, 0.29) is 18.5 Å². The van der Waals surface area contributed by atoms with Gasteiger partial charge in [0, 0.05) is 12.1 Å². The van der Waals surface area contributed by atoms with Crippen LogP contribution in [0, 0.1) is 6.92 Å². The van der Waals surface area contributed by atoms with Crippen molar-refractivity contribution in [2.24, 2.45) is 0 Å². The fourth-order valence-corrected chi connectivity index (χ4v) is 4.96. The van der Waals surface area contributed by atoms with E-state index < -0.39 is 11.4 Å². The van der Waals surface area contributed by atoms with Gasteiger partial charge in [0.15, 0.2) is 0 Å². The molecule has 0 fully saturated rings. The Labute approximate surface area is 249 Å². The van der Waals surface area contributed by atoms with Crippen molar-refractivity contribution in [3.05, 3.63) is 146 Å². The molecule has 9 heteroatoms. The lowest BCUT2D eigenvalue weighted by molar-refractivity contribution is 0.0942. The first-order chi connectivity index (χ1) is 20.8. The average Bonchev–Trinajstić information content (AvgIpc) is 3.33. The van der Waals surface area contributed by atoms with Crippen LogP contribution in [0.3, 0.4) is 0 Å². The maximum Gasteiger partial charge on any atom is 0.440 e. The Hall–Kier alpha value is -5.15. The van der Waals surface area contributed by atoms with Crippen molar-refractivity contribution >= 4 is 5.91 Å². The highest BCUT2D eigenvalue weighted by Crippen LogP contribution is 2.26. The second kappa shape index (κ2) is 13.2. The number of carbonyl (C=O) groups is 1. The highest BCUT2D eigenvalue weighted by atomic mass is 16.5. The number of ether oxygens (including phenoxy) is 1. The molecule has 9 nitrogen and oxygen atoms in total. The van der Waals surface area contributed by atoms with E-state index in [1.165, 1.54) is 0 Å². The molecule has 2 N–H and O–H groups in total. The smallest absolute Gasteiger partial charge is 0.440 e. The number of nitrogens with zero attached hydrogens (tertiary/aromatic N) is 2. The maximum absolute atomic E-state index is 13.0. The van der Waals surface area contributed by atoms with Gasteiger partial charge in [0.25, 0.3) is 5.91 Å². The predicted octanol–water partition coefficient (Wildman–Crippen LogP) is 4.77. The average molecular weight is 579 g/mol. The van der Waals surface area contributed by atoms with E-state index in [2.05, 4.69) is 33.4 Å². The lowest BCUT2D eigenvalue weighted by atomic mass is 9.97. The molecule has 0 saturated carbocycles. The quantitative estimate of drug-likeness (QED) is 0.234. The van der Waals surface area contributed by atoms with Crippen LogP contribution < -0.4 is 21.5 Å². The molecular weight excluding hydrogens is 544 g/mol. The van der Waals surface area contributed by atoms with Crippen LogP contribution in [0.2, 0.25) is 0 Å². The molecular formula is C34H34N4O5. The van der Waals surface area contributed by atoms with Gasteiger partial charge >= 0.3 is 11.4 Å². The molecule has 4 aromatic carbocycles. The molecule has 0 bridgehead atoms. The number of benzene rings is 4. The van der Waals surface area contributed by atoms with Crippen molar-refractivity contribution in [3.63, 3.8) is 0 Å². The predicted molar refractivity (Wildman–Crippen MR) is 165 cm³/mol. The zero-order valence-corrected chi connectivity index (χ0v) is 24.4. The van der Waals surface area contributed by atoms with Gasteiger partial charge in [-0.3, -0.25) is 4.79 Å². The van der Waals surface area contributed by atoms with E-state index >= 15 is 0 Å². The molecule has 1 heterocycles. The minimum absolute atomic E-state index is 0.0770. The van der Waals surface area contributed by atoms with E-state index in [1.54, 1.807) is 0 Å². The number of hydrogen-bond acceptors (Lipinski definition) is 6. The molecule has 0 saturated heterocycles. The molecule has 0 aliphatic heterocycles. The summed E-state index contributed by atoms with van der Waals surface area (Å²) in [6.07, 6.45) is 0. The van der Waals surface area contributed by atoms with Gasteiger partial charge < -0.3 is 19.5 Å². The van der Waals surface area contributed by atoms with Crippen LogP contribution in [0.15, 0.2) is 111 Å². The standard InChI is InChI=1S/C34H34N4O5/c1-23-18-28(32(39)35-20-31(37(2)3)26-9-5-4-6-10-26)14-17-30(23)27-11-7-8-25(19-27)22-42-29-15-12-24(13-16-29)21-38-33(40)36-34(41)43-38/h4-19,31H,20-22H2,1-3H3,(H,35,39)(H,36,40,41). The van der Waals surface area contributed by atoms with Crippen LogP contribution in [0.5, 0.6) is 5.75 Å². The number of aryl methyl sites for hydroxylation is 1. The molecule has 43 heavy (non-hydrogen) atoms. The summed E-state index contributed by atoms with van der Waals surface area (Å²) in [7, 11) is 4.02. The van der Waals surface area contributed by atoms with Gasteiger partial charge in [-0.2, -0.15) is 0 Å². The summed E-state index contributed by atoms with van der Waals surface area (Å²) < 4.78 is 11.8. The first-order valence-electron chi connectivity index (χ1n) is 14.0. The van der Waals surface area contributed by atoms with Gasteiger partial charge in [-0.1, -0.05) is 66.7 Å². The summed E-state index contributed by atoms with van der Waals surface area (Å²) in [5.74, 6) is -0.209. The number of nitrogens with one attached hydrogen (secondary N) is 2. The molecule has 1 amide bonds. The third kappa shape index (κ3) is 7.38. The van der Waals surface area contributed by atoms with Gasteiger partial charge in [0.2, 0.25) is 0 Å². The molecule has 0 aliphatic rings. The Morgan fingerprint density at radius 3 is 2.37 bits per heavy atom. The van der Waals surface area contributed by atoms with Gasteiger partial charge in [0.05, 0.1) is 12.6 Å². The SMILES string of the molecule is Cc1cc(C(=O)NCC(c2ccccc2)N(C)C)ccc1-c1cccc(COc2ccc(Cn3oc(=O)[nH]c3=O)cc2)c1. The number of carbonyl (C=O) groups excluding carboxylic acids is 1. The van der Waals surface area contributed by atoms with Gasteiger partial charge in [-0.05, 0) is 84.7 Å². The Bertz CT molecular complexity index is 1800. The van der Waals surface area contributed by atoms with Crippen molar-refractivity contribution in [1.29, 1.82) is 0 Å². The van der Waals surface area contributed by atoms with Crippen LogP contribution in [0.4, 0.5) is 0 Å². The highest BCUT2D eigenvalue weighted by Gasteiger charge is 2.16. The van der Waals surface area contributed by atoms with Crippen LogP contribution in [0.25, 0.3) is 11.1 Å². The van der Waals surface area contributed by atoms with Crippen LogP contribution in [-0.4, -0.2) is 41.2 Å². The maximum atomic E-state index is 13.0. The number of rotatable bonds is 11. The number of likely N-dealkylation sites (N-methyl/N-ethyl adjacent to an activating group) is 1. The van der Waals surface area contributed by atoms with Crippen molar-refractivity contribution in [2.75, 3.05) is 20.6 Å². The Balaban J connectivity index is 1.20. The normalized spacial score (nSPS) is 11.8. The fourth-order valence-electron chi connectivity index (χ4n) is 4.96. The second-order valence-electron chi connectivity index (χ2n) is 10.6. The molecule has 0 radical (unpaired) electrons. The van der Waals surface area contributed by atoms with Crippen molar-refractivity contribution in [2.45, 2.75) is 26.1 Å². The van der Waals surface area contributed by atoms with Crippen LogP contribution in [0.1, 0.15) is 38.7 Å². The summed E-state index contributed by atoms with van der Waals surface area (Å²) >= 11 is 0. The Morgan fingerprint density at radius 1 is 0.930 bits per heavy atom. The second-order valence-corrected chi connectivity index (χ2v) is 10.6. The van der Waals surface area contributed by atoms with E-state index in [0.717, 1.165) is 38.1 Å². The molecule has 1 atom stereocenters. The third-order valence-corrected chi connectivity index (χ3v) is 7.27. The fraction of sp³-hybridized carbons (Fsp3) is 0.206.